The molecule has 18 heavy (non-hydrogen) atoms. The van der Waals surface area contributed by atoms with Crippen molar-refractivity contribution >= 4 is 11.7 Å². The molecule has 0 saturated carbocycles. The van der Waals surface area contributed by atoms with Crippen molar-refractivity contribution in [2.75, 3.05) is 18.4 Å². The summed E-state index contributed by atoms with van der Waals surface area (Å²) in [6.45, 7) is 5.26. The predicted molar refractivity (Wildman–Crippen MR) is 67.7 cm³/mol. The smallest absolute Gasteiger partial charge is 0.320 e. The normalized spacial score (nSPS) is 19.4. The second kappa shape index (κ2) is 5.16. The summed E-state index contributed by atoms with van der Waals surface area (Å²) < 4.78 is 13.3. The zero-order chi connectivity index (χ0) is 13.1. The van der Waals surface area contributed by atoms with Crippen molar-refractivity contribution < 1.29 is 9.18 Å². The van der Waals surface area contributed by atoms with E-state index in [9.17, 15) is 9.18 Å². The van der Waals surface area contributed by atoms with Gasteiger partial charge in [-0.3, -0.25) is 0 Å². The second-order valence-corrected chi connectivity index (χ2v) is 4.64. The number of aromatic nitrogens is 1. The van der Waals surface area contributed by atoms with Gasteiger partial charge in [-0.2, -0.15) is 4.39 Å². The highest BCUT2D eigenvalue weighted by Gasteiger charge is 2.21. The average Bonchev–Trinajstić information content (AvgIpc) is 2.31. The van der Waals surface area contributed by atoms with E-state index in [-0.39, 0.29) is 11.7 Å². The van der Waals surface area contributed by atoms with Crippen molar-refractivity contribution in [3.05, 3.63) is 35.9 Å². The van der Waals surface area contributed by atoms with Crippen LogP contribution < -0.4 is 5.32 Å². The minimum absolute atomic E-state index is 0.113. The predicted octanol–water partition coefficient (Wildman–Crippen LogP) is 2.65. The first-order valence-corrected chi connectivity index (χ1v) is 5.90. The first-order chi connectivity index (χ1) is 8.56. The van der Waals surface area contributed by atoms with E-state index in [0.29, 0.717) is 19.0 Å². The van der Waals surface area contributed by atoms with Crippen molar-refractivity contribution in [1.29, 1.82) is 0 Å². The molecule has 2 amide bonds. The second-order valence-electron chi connectivity index (χ2n) is 4.64. The van der Waals surface area contributed by atoms with Gasteiger partial charge in [-0.15, -0.1) is 0 Å². The maximum absolute atomic E-state index is 13.3. The van der Waals surface area contributed by atoms with E-state index in [1.54, 1.807) is 11.0 Å². The van der Waals surface area contributed by atoms with Gasteiger partial charge in [0.05, 0.1) is 5.69 Å². The Morgan fingerprint density at radius 2 is 2.39 bits per heavy atom. The summed E-state index contributed by atoms with van der Waals surface area (Å²) >= 11 is 0. The number of anilines is 1. The topological polar surface area (TPSA) is 45.2 Å². The van der Waals surface area contributed by atoms with Gasteiger partial charge >= 0.3 is 6.03 Å². The molecular formula is C13H16FN3O. The zero-order valence-electron chi connectivity index (χ0n) is 10.5. The van der Waals surface area contributed by atoms with Gasteiger partial charge in [-0.1, -0.05) is 18.6 Å². The van der Waals surface area contributed by atoms with E-state index in [0.717, 1.165) is 5.57 Å². The molecule has 4 nitrogen and oxygen atoms in total. The zero-order valence-corrected chi connectivity index (χ0v) is 10.5. The van der Waals surface area contributed by atoms with E-state index in [1.807, 2.05) is 13.8 Å². The summed E-state index contributed by atoms with van der Waals surface area (Å²) in [6, 6.07) is 2.79. The third-order valence-electron chi connectivity index (χ3n) is 2.81. The Kier molecular flexibility index (Phi) is 3.60. The molecule has 0 fully saturated rings. The molecule has 0 aliphatic carbocycles. The highest BCUT2D eigenvalue weighted by atomic mass is 19.1. The molecule has 0 aromatic carbocycles. The summed E-state index contributed by atoms with van der Waals surface area (Å²) in [5, 5.41) is 2.54. The van der Waals surface area contributed by atoms with Crippen molar-refractivity contribution in [3.63, 3.8) is 0 Å². The fourth-order valence-electron chi connectivity index (χ4n) is 2.13. The van der Waals surface area contributed by atoms with Gasteiger partial charge in [0.1, 0.15) is 0 Å². The summed E-state index contributed by atoms with van der Waals surface area (Å²) in [5.41, 5.74) is 1.26. The van der Waals surface area contributed by atoms with Crippen LogP contribution in [0.5, 0.6) is 0 Å². The molecule has 1 aromatic rings. The van der Waals surface area contributed by atoms with Gasteiger partial charge in [0.15, 0.2) is 0 Å². The molecule has 1 aliphatic heterocycles. The van der Waals surface area contributed by atoms with Gasteiger partial charge in [0.2, 0.25) is 5.95 Å². The molecule has 2 rings (SSSR count). The number of carbonyl (C=O) groups excluding carboxylic acids is 1. The van der Waals surface area contributed by atoms with E-state index >= 15 is 0 Å². The quantitative estimate of drug-likeness (QED) is 0.614. The fourth-order valence-corrected chi connectivity index (χ4v) is 2.13. The molecule has 1 unspecified atom stereocenters. The lowest BCUT2D eigenvalue weighted by Gasteiger charge is -2.29. The number of pyridine rings is 1. The third kappa shape index (κ3) is 2.85. The highest BCUT2D eigenvalue weighted by molar-refractivity contribution is 5.89. The van der Waals surface area contributed by atoms with Gasteiger partial charge in [-0.05, 0) is 25.0 Å². The number of hydrogen-bond donors (Lipinski definition) is 1. The van der Waals surface area contributed by atoms with Crippen molar-refractivity contribution in [3.8, 4) is 0 Å². The summed E-state index contributed by atoms with van der Waals surface area (Å²) in [6.07, 6.45) is 3.50. The molecule has 5 heteroatoms. The lowest BCUT2D eigenvalue weighted by Crippen LogP contribution is -2.41. The number of nitrogens with zero attached hydrogens (tertiary/aromatic N) is 2. The van der Waals surface area contributed by atoms with Gasteiger partial charge < -0.3 is 10.2 Å². The monoisotopic (exact) mass is 249 g/mol. The number of hydrogen-bond acceptors (Lipinski definition) is 2. The Morgan fingerprint density at radius 1 is 1.61 bits per heavy atom. The van der Waals surface area contributed by atoms with E-state index in [2.05, 4.69) is 16.4 Å². The molecule has 0 spiro atoms. The van der Waals surface area contributed by atoms with Crippen molar-refractivity contribution in [1.82, 2.24) is 9.88 Å². The highest BCUT2D eigenvalue weighted by Crippen LogP contribution is 2.16. The minimum atomic E-state index is -0.664. The minimum Gasteiger partial charge on any atom is -0.320 e. The Hall–Kier alpha value is -1.91. The van der Waals surface area contributed by atoms with Crippen LogP contribution in [-0.2, 0) is 0 Å². The van der Waals surface area contributed by atoms with Crippen LogP contribution in [0.3, 0.4) is 0 Å². The van der Waals surface area contributed by atoms with Crippen LogP contribution in [-0.4, -0.2) is 29.0 Å². The van der Waals surface area contributed by atoms with E-state index in [4.69, 9.17) is 0 Å². The maximum atomic E-state index is 13.3. The molecule has 96 valence electrons. The molecule has 1 atom stereocenters. The molecule has 0 radical (unpaired) electrons. The summed E-state index contributed by atoms with van der Waals surface area (Å²) in [5.74, 6) is -0.341. The van der Waals surface area contributed by atoms with Crippen LogP contribution in [0.15, 0.2) is 30.0 Å². The Morgan fingerprint density at radius 3 is 3.06 bits per heavy atom. The first-order valence-electron chi connectivity index (χ1n) is 5.90. The van der Waals surface area contributed by atoms with Crippen molar-refractivity contribution in [2.45, 2.75) is 13.8 Å². The average molecular weight is 249 g/mol. The number of rotatable bonds is 1. The van der Waals surface area contributed by atoms with E-state index in [1.165, 1.54) is 12.3 Å². The van der Waals surface area contributed by atoms with Crippen LogP contribution in [0.1, 0.15) is 13.8 Å². The maximum Gasteiger partial charge on any atom is 0.322 e. The fraction of sp³-hybridized carbons (Fsp3) is 0.385. The Labute approximate surface area is 106 Å². The molecular weight excluding hydrogens is 233 g/mol. The summed E-state index contributed by atoms with van der Waals surface area (Å²) in [4.78, 5) is 17.2. The van der Waals surface area contributed by atoms with Gasteiger partial charge in [0.25, 0.3) is 0 Å². The molecule has 1 aromatic heterocycles. The molecule has 0 bridgehead atoms. The van der Waals surface area contributed by atoms with Crippen LogP contribution in [0.2, 0.25) is 0 Å². The number of nitrogens with one attached hydrogen (secondary N) is 1. The van der Waals surface area contributed by atoms with Crippen molar-refractivity contribution in [2.24, 2.45) is 5.92 Å². The van der Waals surface area contributed by atoms with Crippen LogP contribution in [0, 0.1) is 11.9 Å². The van der Waals surface area contributed by atoms with Gasteiger partial charge in [0, 0.05) is 19.3 Å². The van der Waals surface area contributed by atoms with Crippen LogP contribution in [0.4, 0.5) is 14.9 Å². The Bertz CT molecular complexity index is 487. The van der Waals surface area contributed by atoms with Crippen LogP contribution in [0.25, 0.3) is 0 Å². The molecule has 0 saturated heterocycles. The number of amides is 2. The summed E-state index contributed by atoms with van der Waals surface area (Å²) in [7, 11) is 0. The number of halogens is 1. The number of urea groups is 1. The lowest BCUT2D eigenvalue weighted by atomic mass is 10.0. The molecule has 1 aliphatic rings. The largest absolute Gasteiger partial charge is 0.322 e. The molecule has 1 N–H and O–H groups in total. The third-order valence-corrected chi connectivity index (χ3v) is 2.81. The standard InChI is InChI=1S/C13H16FN3O/c1-9-6-10(2)8-17(7-9)13(18)16-11-4-3-5-15-12(11)14/h3-6,9H,7-8H2,1-2H3,(H,16,18). The first kappa shape index (κ1) is 12.5. The SMILES string of the molecule is CC1=CC(C)CN(C(=O)Nc2cccnc2F)C1. The van der Waals surface area contributed by atoms with Gasteiger partial charge in [-0.25, -0.2) is 9.78 Å². The van der Waals surface area contributed by atoms with E-state index < -0.39 is 5.95 Å². The lowest BCUT2D eigenvalue weighted by molar-refractivity contribution is 0.208. The Balaban J connectivity index is 2.05. The number of carbonyl (C=O) groups is 1. The molecule has 2 heterocycles. The van der Waals surface area contributed by atoms with Crippen LogP contribution >= 0.6 is 0 Å².